The van der Waals surface area contributed by atoms with Crippen molar-refractivity contribution in [1.82, 2.24) is 14.5 Å². The van der Waals surface area contributed by atoms with Crippen LogP contribution in [0.2, 0.25) is 0 Å². The maximum absolute atomic E-state index is 10.1. The van der Waals surface area contributed by atoms with Crippen LogP contribution >= 0.6 is 0 Å². The van der Waals surface area contributed by atoms with E-state index in [1.165, 1.54) is 13.4 Å². The Hall–Kier alpha value is -1.74. The number of rotatable bonds is 3. The molecule has 2 aromatic heterocycles. The van der Waals surface area contributed by atoms with Crippen LogP contribution in [0.5, 0.6) is 0 Å². The zero-order valence-electron chi connectivity index (χ0n) is 10.9. The lowest BCUT2D eigenvalue weighted by Crippen LogP contribution is -2.34. The lowest BCUT2D eigenvalue weighted by molar-refractivity contribution is -0.0580. The van der Waals surface area contributed by atoms with Crippen molar-refractivity contribution in [1.29, 1.82) is 0 Å². The molecule has 1 aliphatic rings. The second-order valence-electron chi connectivity index (χ2n) is 4.66. The molecule has 8 nitrogen and oxygen atoms in total. The quantitative estimate of drug-likeness (QED) is 0.679. The Morgan fingerprint density at radius 2 is 2.30 bits per heavy atom. The summed E-state index contributed by atoms with van der Waals surface area (Å²) in [5.41, 5.74) is 6.38. The summed E-state index contributed by atoms with van der Waals surface area (Å²) in [4.78, 5) is 8.11. The van der Waals surface area contributed by atoms with Gasteiger partial charge in [-0.1, -0.05) is 0 Å². The average Bonchev–Trinajstić information content (AvgIpc) is 3.00. The number of anilines is 1. The van der Waals surface area contributed by atoms with Crippen LogP contribution in [-0.4, -0.2) is 56.8 Å². The monoisotopic (exact) mass is 280 g/mol. The first-order valence-electron chi connectivity index (χ1n) is 6.21. The van der Waals surface area contributed by atoms with Crippen LogP contribution in [0.15, 0.2) is 18.6 Å². The number of hydrogen-bond acceptors (Lipinski definition) is 7. The van der Waals surface area contributed by atoms with Crippen LogP contribution in [-0.2, 0) is 9.47 Å². The van der Waals surface area contributed by atoms with Gasteiger partial charge in [0, 0.05) is 13.3 Å². The minimum atomic E-state index is -0.911. The molecule has 0 spiro atoms. The van der Waals surface area contributed by atoms with E-state index in [2.05, 4.69) is 9.97 Å². The number of fused-ring (bicyclic) bond motifs is 1. The van der Waals surface area contributed by atoms with E-state index in [-0.39, 0.29) is 6.61 Å². The minimum Gasteiger partial charge on any atom is -0.394 e. The molecule has 0 bridgehead atoms. The fourth-order valence-corrected chi connectivity index (χ4v) is 2.54. The predicted octanol–water partition coefficient (Wildman–Crippen LogP) is -0.721. The molecule has 108 valence electrons. The molecule has 20 heavy (non-hydrogen) atoms. The Morgan fingerprint density at radius 3 is 3.00 bits per heavy atom. The second kappa shape index (κ2) is 4.98. The zero-order valence-corrected chi connectivity index (χ0v) is 10.9. The van der Waals surface area contributed by atoms with Gasteiger partial charge in [-0.2, -0.15) is 0 Å². The van der Waals surface area contributed by atoms with Crippen LogP contribution in [0.4, 0.5) is 5.82 Å². The van der Waals surface area contributed by atoms with Gasteiger partial charge < -0.3 is 30.0 Å². The van der Waals surface area contributed by atoms with Gasteiger partial charge in [-0.3, -0.25) is 0 Å². The van der Waals surface area contributed by atoms with Gasteiger partial charge in [0.2, 0.25) is 0 Å². The van der Waals surface area contributed by atoms with E-state index < -0.39 is 24.5 Å². The molecule has 8 heteroatoms. The number of ether oxygens (including phenoxy) is 2. The summed E-state index contributed by atoms with van der Waals surface area (Å²) in [5.74, 6) is 0.375. The molecule has 1 unspecified atom stereocenters. The third kappa shape index (κ3) is 1.85. The van der Waals surface area contributed by atoms with Crippen LogP contribution in [0.3, 0.4) is 0 Å². The largest absolute Gasteiger partial charge is 0.394 e. The Bertz CT molecular complexity index is 617. The number of nitrogen functional groups attached to an aromatic ring is 1. The summed E-state index contributed by atoms with van der Waals surface area (Å²) in [6.07, 6.45) is 0.329. The third-order valence-electron chi connectivity index (χ3n) is 3.58. The minimum absolute atomic E-state index is 0.284. The van der Waals surface area contributed by atoms with E-state index in [1.807, 2.05) is 0 Å². The fourth-order valence-electron chi connectivity index (χ4n) is 2.54. The first kappa shape index (κ1) is 13.3. The number of methoxy groups -OCH3 is 1. The van der Waals surface area contributed by atoms with E-state index >= 15 is 0 Å². The molecule has 0 radical (unpaired) electrons. The number of nitrogens with two attached hydrogens (primary N) is 1. The van der Waals surface area contributed by atoms with E-state index in [4.69, 9.17) is 15.2 Å². The van der Waals surface area contributed by atoms with Crippen molar-refractivity contribution in [2.45, 2.75) is 24.5 Å². The summed E-state index contributed by atoms with van der Waals surface area (Å²) < 4.78 is 12.7. The van der Waals surface area contributed by atoms with Gasteiger partial charge in [0.25, 0.3) is 0 Å². The van der Waals surface area contributed by atoms with Gasteiger partial charge in [-0.25, -0.2) is 9.97 Å². The predicted molar refractivity (Wildman–Crippen MR) is 69.7 cm³/mol. The summed E-state index contributed by atoms with van der Waals surface area (Å²) in [6.45, 7) is -0.284. The Balaban J connectivity index is 2.04. The zero-order chi connectivity index (χ0) is 14.3. The molecule has 0 amide bonds. The van der Waals surface area contributed by atoms with E-state index in [9.17, 15) is 10.2 Å². The topological polar surface area (TPSA) is 116 Å². The molecule has 3 rings (SSSR count). The lowest BCUT2D eigenvalue weighted by Gasteiger charge is -2.20. The molecule has 4 atom stereocenters. The Kier molecular flexibility index (Phi) is 3.30. The second-order valence-corrected chi connectivity index (χ2v) is 4.66. The van der Waals surface area contributed by atoms with Gasteiger partial charge in [-0.15, -0.1) is 0 Å². The summed E-state index contributed by atoms with van der Waals surface area (Å²) in [5, 5.41) is 20.0. The van der Waals surface area contributed by atoms with Gasteiger partial charge in [0.15, 0.2) is 6.23 Å². The van der Waals surface area contributed by atoms with Crippen LogP contribution in [0.1, 0.15) is 6.23 Å². The van der Waals surface area contributed by atoms with Crippen molar-refractivity contribution in [3.8, 4) is 0 Å². The summed E-state index contributed by atoms with van der Waals surface area (Å²) in [6, 6.07) is 1.78. The first-order valence-corrected chi connectivity index (χ1v) is 6.21. The normalized spacial score (nSPS) is 30.1. The molecule has 1 aliphatic heterocycles. The summed E-state index contributed by atoms with van der Waals surface area (Å²) >= 11 is 0. The number of aliphatic hydroxyl groups is 2. The average molecular weight is 280 g/mol. The highest BCUT2D eigenvalue weighted by Crippen LogP contribution is 2.34. The molecule has 3 heterocycles. The van der Waals surface area contributed by atoms with E-state index in [1.54, 1.807) is 16.8 Å². The SMILES string of the molecule is CO[C@H]1C(O)[C@@H](CO)O[C@H]1n1ccc2c(N)ncnc21. The fraction of sp³-hybridized carbons (Fsp3) is 0.500. The maximum atomic E-state index is 10.1. The van der Waals surface area contributed by atoms with Crippen LogP contribution in [0, 0.1) is 0 Å². The van der Waals surface area contributed by atoms with Crippen molar-refractivity contribution in [2.75, 3.05) is 19.5 Å². The molecular weight excluding hydrogens is 264 g/mol. The number of nitrogens with zero attached hydrogens (tertiary/aromatic N) is 3. The van der Waals surface area contributed by atoms with Gasteiger partial charge in [0.1, 0.15) is 36.1 Å². The highest BCUT2D eigenvalue weighted by atomic mass is 16.6. The van der Waals surface area contributed by atoms with E-state index in [0.29, 0.717) is 16.9 Å². The van der Waals surface area contributed by atoms with Crippen LogP contribution < -0.4 is 5.73 Å². The van der Waals surface area contributed by atoms with Crippen molar-refractivity contribution < 1.29 is 19.7 Å². The highest BCUT2D eigenvalue weighted by molar-refractivity contribution is 5.86. The van der Waals surface area contributed by atoms with Crippen molar-refractivity contribution >= 4 is 16.9 Å². The van der Waals surface area contributed by atoms with Gasteiger partial charge >= 0.3 is 0 Å². The maximum Gasteiger partial charge on any atom is 0.164 e. The molecule has 1 saturated heterocycles. The Labute approximate surface area is 114 Å². The number of aliphatic hydroxyl groups excluding tert-OH is 2. The Morgan fingerprint density at radius 1 is 1.50 bits per heavy atom. The molecule has 0 saturated carbocycles. The van der Waals surface area contributed by atoms with Crippen LogP contribution in [0.25, 0.3) is 11.0 Å². The lowest BCUT2D eigenvalue weighted by atomic mass is 10.1. The standard InChI is InChI=1S/C12H16N4O4/c1-19-9-8(18)7(4-17)20-12(9)16-3-2-6-10(13)14-5-15-11(6)16/h2-3,5,7-9,12,17-18H,4H2,1H3,(H2,13,14,15)/t7-,8?,9+,12-/m1/s1. The smallest absolute Gasteiger partial charge is 0.164 e. The molecule has 0 aromatic carbocycles. The molecule has 2 aromatic rings. The van der Waals surface area contributed by atoms with Crippen molar-refractivity contribution in [2.24, 2.45) is 0 Å². The third-order valence-corrected chi connectivity index (χ3v) is 3.58. The molecule has 1 fully saturated rings. The van der Waals surface area contributed by atoms with Gasteiger partial charge in [-0.05, 0) is 6.07 Å². The van der Waals surface area contributed by atoms with E-state index in [0.717, 1.165) is 0 Å². The number of aromatic nitrogens is 3. The highest BCUT2D eigenvalue weighted by Gasteiger charge is 2.45. The number of hydrogen-bond donors (Lipinski definition) is 3. The molecule has 4 N–H and O–H groups in total. The first-order chi connectivity index (χ1) is 9.67. The summed E-state index contributed by atoms with van der Waals surface area (Å²) in [7, 11) is 1.49. The molecular formula is C12H16N4O4. The van der Waals surface area contributed by atoms with Crippen molar-refractivity contribution in [3.63, 3.8) is 0 Å². The van der Waals surface area contributed by atoms with Gasteiger partial charge in [0.05, 0.1) is 12.0 Å². The molecule has 0 aliphatic carbocycles. The van der Waals surface area contributed by atoms with Crippen molar-refractivity contribution in [3.05, 3.63) is 18.6 Å².